The van der Waals surface area contributed by atoms with Crippen LogP contribution in [-0.4, -0.2) is 25.2 Å². The van der Waals surface area contributed by atoms with Crippen molar-refractivity contribution in [3.63, 3.8) is 0 Å². The molecule has 0 spiro atoms. The van der Waals surface area contributed by atoms with E-state index in [1.165, 1.54) is 19.2 Å². The summed E-state index contributed by atoms with van der Waals surface area (Å²) in [5, 5.41) is 5.08. The molecule has 0 radical (unpaired) electrons. The summed E-state index contributed by atoms with van der Waals surface area (Å²) < 4.78 is 41.8. The first-order valence-corrected chi connectivity index (χ1v) is 6.62. The van der Waals surface area contributed by atoms with Crippen LogP contribution in [0.25, 0.3) is 0 Å². The van der Waals surface area contributed by atoms with Gasteiger partial charge in [-0.05, 0) is 30.7 Å². The molecule has 1 atom stereocenters. The van der Waals surface area contributed by atoms with Crippen molar-refractivity contribution >= 4 is 17.7 Å². The quantitative estimate of drug-likeness (QED) is 0.646. The molecule has 1 rings (SSSR count). The number of rotatable bonds is 5. The summed E-state index contributed by atoms with van der Waals surface area (Å²) in [4.78, 5) is 22.4. The highest BCUT2D eigenvalue weighted by Gasteiger charge is 2.30. The Morgan fingerprint density at radius 1 is 1.23 bits per heavy atom. The molecule has 22 heavy (non-hydrogen) atoms. The molecule has 0 fully saturated rings. The van der Waals surface area contributed by atoms with Gasteiger partial charge in [0.25, 0.3) is 0 Å². The van der Waals surface area contributed by atoms with Crippen molar-refractivity contribution in [1.82, 2.24) is 5.32 Å². The number of ether oxygens (including phenoxy) is 1. The number of alkyl halides is 3. The first-order valence-electron chi connectivity index (χ1n) is 6.62. The Bertz CT molecular complexity index is 515. The predicted octanol–water partition coefficient (Wildman–Crippen LogP) is 3.17. The highest BCUT2D eigenvalue weighted by molar-refractivity contribution is 5.84. The molecule has 0 bridgehead atoms. The molecule has 1 aromatic carbocycles. The molecular weight excluding hydrogens is 301 g/mol. The second kappa shape index (κ2) is 7.67. The summed E-state index contributed by atoms with van der Waals surface area (Å²) >= 11 is 0. The zero-order chi connectivity index (χ0) is 16.8. The van der Waals surface area contributed by atoms with Gasteiger partial charge >= 0.3 is 18.2 Å². The molecule has 5 nitrogen and oxygen atoms in total. The third kappa shape index (κ3) is 5.63. The number of anilines is 1. The first kappa shape index (κ1) is 17.8. The second-order valence-corrected chi connectivity index (χ2v) is 4.54. The van der Waals surface area contributed by atoms with E-state index in [1.54, 1.807) is 6.92 Å². The molecule has 0 aliphatic rings. The number of halogens is 3. The van der Waals surface area contributed by atoms with Gasteiger partial charge in [-0.15, -0.1) is 0 Å². The molecule has 0 saturated carbocycles. The van der Waals surface area contributed by atoms with Gasteiger partial charge in [-0.2, -0.15) is 13.2 Å². The molecule has 0 saturated heterocycles. The van der Waals surface area contributed by atoms with E-state index in [4.69, 9.17) is 0 Å². The van der Waals surface area contributed by atoms with Crippen LogP contribution in [0.1, 0.15) is 25.3 Å². The van der Waals surface area contributed by atoms with Crippen LogP contribution < -0.4 is 10.6 Å². The van der Waals surface area contributed by atoms with Crippen LogP contribution in [0, 0.1) is 0 Å². The number of hydrogen-bond acceptors (Lipinski definition) is 4. The number of amides is 1. The Balaban J connectivity index is 2.62. The largest absolute Gasteiger partial charge is 0.416 e. The highest BCUT2D eigenvalue weighted by atomic mass is 19.4. The summed E-state index contributed by atoms with van der Waals surface area (Å²) in [5.74, 6) is -0.717. The zero-order valence-electron chi connectivity index (χ0n) is 12.2. The fraction of sp³-hybridized carbons (Fsp3) is 0.429. The molecule has 122 valence electrons. The number of carbonyl (C=O) groups is 2. The van der Waals surface area contributed by atoms with Crippen molar-refractivity contribution in [3.05, 3.63) is 29.8 Å². The Labute approximate surface area is 125 Å². The lowest BCUT2D eigenvalue weighted by atomic mass is 10.1. The van der Waals surface area contributed by atoms with Crippen LogP contribution in [0.2, 0.25) is 0 Å². The lowest BCUT2D eigenvalue weighted by Crippen LogP contribution is -2.28. The van der Waals surface area contributed by atoms with Crippen molar-refractivity contribution in [2.45, 2.75) is 32.0 Å². The number of nitrogens with one attached hydrogen (secondary N) is 2. The second-order valence-electron chi connectivity index (χ2n) is 4.54. The average molecular weight is 318 g/mol. The molecule has 8 heteroatoms. The summed E-state index contributed by atoms with van der Waals surface area (Å²) in [6, 6.07) is 4.13. The lowest BCUT2D eigenvalue weighted by molar-refractivity contribution is -0.138. The van der Waals surface area contributed by atoms with Crippen molar-refractivity contribution in [2.24, 2.45) is 0 Å². The van der Waals surface area contributed by atoms with Crippen LogP contribution in [0.5, 0.6) is 0 Å². The van der Waals surface area contributed by atoms with E-state index in [1.807, 2.05) is 0 Å². The molecule has 0 aliphatic heterocycles. The smallest absolute Gasteiger partial charge is 0.382 e. The van der Waals surface area contributed by atoms with Crippen LogP contribution in [0.3, 0.4) is 0 Å². The first-order chi connectivity index (χ1) is 10.3. The number of carbonyl (C=O) groups excluding carboxylic acids is 2. The van der Waals surface area contributed by atoms with E-state index in [2.05, 4.69) is 15.4 Å². The molecular formula is C14H17F3N2O3. The molecule has 1 aromatic rings. The van der Waals surface area contributed by atoms with Crippen LogP contribution in [-0.2, 0) is 15.7 Å². The Morgan fingerprint density at radius 2 is 1.82 bits per heavy atom. The van der Waals surface area contributed by atoms with Crippen molar-refractivity contribution in [1.29, 1.82) is 0 Å². The minimum absolute atomic E-state index is 0.0784. The molecule has 0 aromatic heterocycles. The normalized spacial score (nSPS) is 12.4. The topological polar surface area (TPSA) is 67.4 Å². The third-order valence-corrected chi connectivity index (χ3v) is 2.90. The van der Waals surface area contributed by atoms with Gasteiger partial charge in [-0.25, -0.2) is 4.79 Å². The molecule has 0 unspecified atom stereocenters. The molecule has 0 heterocycles. The number of alkyl carbamates (subject to hydrolysis) is 1. The van der Waals surface area contributed by atoms with Crippen molar-refractivity contribution < 1.29 is 27.5 Å². The summed E-state index contributed by atoms with van der Waals surface area (Å²) in [7, 11) is 1.33. The summed E-state index contributed by atoms with van der Waals surface area (Å²) in [6.45, 7) is 1.80. The number of benzene rings is 1. The van der Waals surface area contributed by atoms with Gasteiger partial charge in [-0.1, -0.05) is 6.92 Å². The Kier molecular flexibility index (Phi) is 6.21. The van der Waals surface area contributed by atoms with Gasteiger partial charge in [0, 0.05) is 18.8 Å². The standard InChI is InChI=1S/C14H17F3N2O3/c1-3-10(8-12(20)22-13(21)18-2)19-11-6-4-9(5-7-11)14(15,16)17/h4-7,10,19H,3,8H2,1-2H3,(H,18,21)/t10-/m1/s1. The molecule has 0 aliphatic carbocycles. The van der Waals surface area contributed by atoms with Crippen molar-refractivity contribution in [2.75, 3.05) is 12.4 Å². The average Bonchev–Trinajstić information content (AvgIpc) is 2.45. The van der Waals surface area contributed by atoms with Gasteiger partial charge in [0.2, 0.25) is 0 Å². The minimum Gasteiger partial charge on any atom is -0.382 e. The Hall–Kier alpha value is -2.25. The summed E-state index contributed by atoms with van der Waals surface area (Å²) in [5.41, 5.74) is -0.294. The van der Waals surface area contributed by atoms with Crippen LogP contribution in [0.4, 0.5) is 23.7 Å². The van der Waals surface area contributed by atoms with Gasteiger partial charge in [0.15, 0.2) is 0 Å². The summed E-state index contributed by atoms with van der Waals surface area (Å²) in [6.07, 6.45) is -4.79. The van der Waals surface area contributed by atoms with E-state index < -0.39 is 23.8 Å². The maximum absolute atomic E-state index is 12.5. The monoisotopic (exact) mass is 318 g/mol. The lowest BCUT2D eigenvalue weighted by Gasteiger charge is -2.17. The predicted molar refractivity (Wildman–Crippen MR) is 74.3 cm³/mol. The van der Waals surface area contributed by atoms with Gasteiger partial charge < -0.3 is 15.4 Å². The van der Waals surface area contributed by atoms with Crippen LogP contribution >= 0.6 is 0 Å². The zero-order valence-corrected chi connectivity index (χ0v) is 12.2. The van der Waals surface area contributed by atoms with Gasteiger partial charge in [-0.3, -0.25) is 4.79 Å². The number of hydrogen-bond donors (Lipinski definition) is 2. The maximum atomic E-state index is 12.5. The molecule has 2 N–H and O–H groups in total. The fourth-order valence-electron chi connectivity index (χ4n) is 1.69. The Morgan fingerprint density at radius 3 is 2.27 bits per heavy atom. The number of esters is 1. The van der Waals surface area contributed by atoms with E-state index in [0.29, 0.717) is 12.1 Å². The third-order valence-electron chi connectivity index (χ3n) is 2.90. The van der Waals surface area contributed by atoms with E-state index >= 15 is 0 Å². The molecule has 1 amide bonds. The maximum Gasteiger partial charge on any atom is 0.416 e. The van der Waals surface area contributed by atoms with Gasteiger partial charge in [0.1, 0.15) is 0 Å². The van der Waals surface area contributed by atoms with Crippen LogP contribution in [0.15, 0.2) is 24.3 Å². The highest BCUT2D eigenvalue weighted by Crippen LogP contribution is 2.30. The minimum atomic E-state index is -4.39. The van der Waals surface area contributed by atoms with Crippen molar-refractivity contribution in [3.8, 4) is 0 Å². The van der Waals surface area contributed by atoms with Gasteiger partial charge in [0.05, 0.1) is 12.0 Å². The SMILES string of the molecule is CC[C@H](CC(=O)OC(=O)NC)Nc1ccc(C(F)(F)F)cc1. The fourth-order valence-corrected chi connectivity index (χ4v) is 1.69. The van der Waals surface area contributed by atoms with E-state index in [9.17, 15) is 22.8 Å². The van der Waals surface area contributed by atoms with E-state index in [0.717, 1.165) is 12.1 Å². The van der Waals surface area contributed by atoms with E-state index in [-0.39, 0.29) is 12.5 Å².